The van der Waals surface area contributed by atoms with Crippen LogP contribution in [0.15, 0.2) is 23.1 Å². The van der Waals surface area contributed by atoms with Gasteiger partial charge in [-0.2, -0.15) is 8.42 Å². The highest BCUT2D eigenvalue weighted by Crippen LogP contribution is 2.15. The number of ether oxygens (including phenoxy) is 1. The summed E-state index contributed by atoms with van der Waals surface area (Å²) in [5.74, 6) is 0.338. The van der Waals surface area contributed by atoms with E-state index in [0.717, 1.165) is 6.07 Å². The van der Waals surface area contributed by atoms with Crippen molar-refractivity contribution in [3.8, 4) is 5.75 Å². The predicted octanol–water partition coefficient (Wildman–Crippen LogP) is 0.742. The molecule has 0 unspecified atom stereocenters. The van der Waals surface area contributed by atoms with Gasteiger partial charge in [-0.1, -0.05) is 0 Å². The van der Waals surface area contributed by atoms with E-state index in [1.165, 1.54) is 19.2 Å². The number of rotatable bonds is 2. The molecule has 0 atom stereocenters. The van der Waals surface area contributed by atoms with Gasteiger partial charge in [0.25, 0.3) is 10.1 Å². The van der Waals surface area contributed by atoms with Crippen LogP contribution in [0.3, 0.4) is 0 Å². The van der Waals surface area contributed by atoms with E-state index >= 15 is 0 Å². The Balaban J connectivity index is 3.20. The van der Waals surface area contributed by atoms with E-state index in [4.69, 9.17) is 9.29 Å². The first-order valence-corrected chi connectivity index (χ1v) is 4.50. The summed E-state index contributed by atoms with van der Waals surface area (Å²) in [7, 11) is -2.75. The average molecular weight is 187 g/mol. The summed E-state index contributed by atoms with van der Waals surface area (Å²) < 4.78 is 34.5. The Hall–Kier alpha value is -1.07. The molecule has 0 spiro atoms. The van der Waals surface area contributed by atoms with E-state index in [9.17, 15) is 8.42 Å². The van der Waals surface area contributed by atoms with Gasteiger partial charge in [-0.05, 0) is 18.2 Å². The molecule has 0 bridgehead atoms. The van der Waals surface area contributed by atoms with Crippen LogP contribution >= 0.6 is 0 Å². The number of hydrogen-bond donors (Lipinski definition) is 1. The first-order valence-electron chi connectivity index (χ1n) is 3.06. The van der Waals surface area contributed by atoms with Gasteiger partial charge in [0.15, 0.2) is 0 Å². The number of hydrogen-bond acceptors (Lipinski definition) is 3. The molecule has 1 rings (SSSR count). The second kappa shape index (κ2) is 3.12. The van der Waals surface area contributed by atoms with Crippen LogP contribution in [0, 0.1) is 6.07 Å². The van der Waals surface area contributed by atoms with Crippen molar-refractivity contribution in [2.45, 2.75) is 4.90 Å². The van der Waals surface area contributed by atoms with Crippen LogP contribution in [-0.2, 0) is 10.1 Å². The average Bonchev–Trinajstić information content (AvgIpc) is 2.03. The SMILES string of the molecule is COc1c[c]cc(S(=O)(=O)O)c1. The maximum Gasteiger partial charge on any atom is 0.294 e. The third kappa shape index (κ3) is 1.96. The van der Waals surface area contributed by atoms with Crippen molar-refractivity contribution in [1.29, 1.82) is 0 Å². The van der Waals surface area contributed by atoms with Crippen molar-refractivity contribution in [3.05, 3.63) is 24.3 Å². The predicted molar refractivity (Wildman–Crippen MR) is 41.6 cm³/mol. The van der Waals surface area contributed by atoms with Crippen molar-refractivity contribution in [2.24, 2.45) is 0 Å². The molecule has 0 saturated heterocycles. The van der Waals surface area contributed by atoms with Crippen molar-refractivity contribution >= 4 is 10.1 Å². The molecular formula is C7H7O4S. The van der Waals surface area contributed by atoms with Gasteiger partial charge in [-0.3, -0.25) is 4.55 Å². The summed E-state index contributed by atoms with van der Waals surface area (Å²) in [6.07, 6.45) is 0. The molecule has 0 aromatic heterocycles. The molecule has 1 aromatic carbocycles. The van der Waals surface area contributed by atoms with Crippen LogP contribution < -0.4 is 4.74 Å². The number of benzene rings is 1. The zero-order valence-corrected chi connectivity index (χ0v) is 7.13. The van der Waals surface area contributed by atoms with E-state index in [1.807, 2.05) is 0 Å². The first-order chi connectivity index (χ1) is 5.54. The van der Waals surface area contributed by atoms with Gasteiger partial charge in [-0.25, -0.2) is 0 Å². The number of methoxy groups -OCH3 is 1. The largest absolute Gasteiger partial charge is 0.497 e. The van der Waals surface area contributed by atoms with Crippen LogP contribution in [0.2, 0.25) is 0 Å². The van der Waals surface area contributed by atoms with Gasteiger partial charge < -0.3 is 4.74 Å². The summed E-state index contributed by atoms with van der Waals surface area (Å²) in [6.45, 7) is 0. The van der Waals surface area contributed by atoms with E-state index in [-0.39, 0.29) is 4.90 Å². The Labute approximate surface area is 70.5 Å². The summed E-state index contributed by atoms with van der Waals surface area (Å²) in [5, 5.41) is 0. The minimum atomic E-state index is -4.15. The van der Waals surface area contributed by atoms with Gasteiger partial charge in [0.2, 0.25) is 0 Å². The van der Waals surface area contributed by atoms with E-state index in [0.29, 0.717) is 5.75 Å². The zero-order valence-electron chi connectivity index (χ0n) is 6.31. The zero-order chi connectivity index (χ0) is 9.19. The molecule has 1 N–H and O–H groups in total. The van der Waals surface area contributed by atoms with Gasteiger partial charge in [-0.15, -0.1) is 0 Å². The van der Waals surface area contributed by atoms with Crippen molar-refractivity contribution in [2.75, 3.05) is 7.11 Å². The first kappa shape index (κ1) is 9.02. The summed E-state index contributed by atoms with van der Waals surface area (Å²) in [6, 6.07) is 6.37. The normalized spacial score (nSPS) is 11.2. The molecule has 0 aliphatic rings. The van der Waals surface area contributed by atoms with Crippen LogP contribution in [0.1, 0.15) is 0 Å². The molecule has 0 aliphatic heterocycles. The lowest BCUT2D eigenvalue weighted by molar-refractivity contribution is 0.412. The highest BCUT2D eigenvalue weighted by Gasteiger charge is 2.09. The molecule has 1 radical (unpaired) electrons. The van der Waals surface area contributed by atoms with Crippen LogP contribution in [-0.4, -0.2) is 20.1 Å². The van der Waals surface area contributed by atoms with Gasteiger partial charge in [0.05, 0.1) is 12.0 Å². The molecule has 4 nitrogen and oxygen atoms in total. The molecule has 1 aromatic rings. The molecule has 0 saturated carbocycles. The topological polar surface area (TPSA) is 63.6 Å². The molecule has 5 heteroatoms. The Morgan fingerprint density at radius 2 is 2.17 bits per heavy atom. The van der Waals surface area contributed by atoms with Crippen molar-refractivity contribution in [1.82, 2.24) is 0 Å². The lowest BCUT2D eigenvalue weighted by Gasteiger charge is -2.00. The maximum atomic E-state index is 10.6. The Bertz CT molecular complexity index is 369. The second-order valence-electron chi connectivity index (χ2n) is 2.08. The lowest BCUT2D eigenvalue weighted by Crippen LogP contribution is -1.97. The van der Waals surface area contributed by atoms with Crippen LogP contribution in [0.25, 0.3) is 0 Å². The maximum absolute atomic E-state index is 10.6. The van der Waals surface area contributed by atoms with Gasteiger partial charge in [0.1, 0.15) is 5.75 Å². The van der Waals surface area contributed by atoms with Crippen molar-refractivity contribution in [3.63, 3.8) is 0 Å². The van der Waals surface area contributed by atoms with E-state index < -0.39 is 10.1 Å². The molecule has 0 amide bonds. The van der Waals surface area contributed by atoms with E-state index in [2.05, 4.69) is 6.07 Å². The third-order valence-electron chi connectivity index (χ3n) is 1.27. The Morgan fingerprint density at radius 1 is 1.50 bits per heavy atom. The van der Waals surface area contributed by atoms with Crippen molar-refractivity contribution < 1.29 is 17.7 Å². The van der Waals surface area contributed by atoms with Gasteiger partial charge in [0, 0.05) is 6.07 Å². The monoisotopic (exact) mass is 187 g/mol. The lowest BCUT2D eigenvalue weighted by atomic mass is 10.3. The highest BCUT2D eigenvalue weighted by atomic mass is 32.2. The third-order valence-corrected chi connectivity index (χ3v) is 2.10. The molecular weight excluding hydrogens is 180 g/mol. The fourth-order valence-corrected chi connectivity index (χ4v) is 1.18. The quantitative estimate of drug-likeness (QED) is 0.693. The minimum absolute atomic E-state index is 0.221. The smallest absolute Gasteiger partial charge is 0.294 e. The minimum Gasteiger partial charge on any atom is -0.497 e. The molecule has 12 heavy (non-hydrogen) atoms. The molecule has 65 valence electrons. The fraction of sp³-hybridized carbons (Fsp3) is 0.143. The van der Waals surface area contributed by atoms with E-state index in [1.54, 1.807) is 0 Å². The Morgan fingerprint density at radius 3 is 2.67 bits per heavy atom. The molecule has 0 aliphatic carbocycles. The highest BCUT2D eigenvalue weighted by molar-refractivity contribution is 7.85. The second-order valence-corrected chi connectivity index (χ2v) is 3.51. The van der Waals surface area contributed by atoms with Crippen LogP contribution in [0.4, 0.5) is 0 Å². The fourth-order valence-electron chi connectivity index (χ4n) is 0.696. The summed E-state index contributed by atoms with van der Waals surface area (Å²) in [5.41, 5.74) is 0. The van der Waals surface area contributed by atoms with Gasteiger partial charge >= 0.3 is 0 Å². The molecule has 0 heterocycles. The standard InChI is InChI=1S/C7H7O4S/c1-11-6-3-2-4-7(5-6)12(8,9)10/h3-5H,1H3,(H,8,9,10). The van der Waals surface area contributed by atoms with Crippen LogP contribution in [0.5, 0.6) is 5.75 Å². The summed E-state index contributed by atoms with van der Waals surface area (Å²) in [4.78, 5) is -0.221. The Kier molecular flexibility index (Phi) is 2.35. The summed E-state index contributed by atoms with van der Waals surface area (Å²) >= 11 is 0. The molecule has 0 fully saturated rings.